The summed E-state index contributed by atoms with van der Waals surface area (Å²) in [7, 11) is 1.45. The summed E-state index contributed by atoms with van der Waals surface area (Å²) in [5.74, 6) is -0.693. The van der Waals surface area contributed by atoms with Gasteiger partial charge in [-0.05, 0) is 60.5 Å². The number of benzene rings is 2. The van der Waals surface area contributed by atoms with Crippen molar-refractivity contribution in [1.82, 2.24) is 19.9 Å². The van der Waals surface area contributed by atoms with Crippen LogP contribution in [0, 0.1) is 6.92 Å². The monoisotopic (exact) mass is 556 g/mol. The van der Waals surface area contributed by atoms with Gasteiger partial charge in [-0.3, -0.25) is 24.7 Å². The minimum Gasteiger partial charge on any atom is -0.496 e. The van der Waals surface area contributed by atoms with Crippen LogP contribution >= 0.6 is 11.6 Å². The molecule has 2 aromatic carbocycles. The summed E-state index contributed by atoms with van der Waals surface area (Å²) in [5.41, 5.74) is 3.11. The van der Waals surface area contributed by atoms with Crippen molar-refractivity contribution >= 4 is 41.0 Å². The molecule has 40 heavy (non-hydrogen) atoms. The third-order valence-electron chi connectivity index (χ3n) is 6.41. The van der Waals surface area contributed by atoms with E-state index in [1.807, 2.05) is 13.0 Å². The third-order valence-corrected chi connectivity index (χ3v) is 6.64. The summed E-state index contributed by atoms with van der Waals surface area (Å²) in [5, 5.41) is 5.90. The number of nitrogens with one attached hydrogen (secondary N) is 2. The van der Waals surface area contributed by atoms with E-state index in [0.717, 1.165) is 5.56 Å². The average Bonchev–Trinajstić information content (AvgIpc) is 3.04. The molecule has 202 valence electrons. The second-order valence-electron chi connectivity index (χ2n) is 9.23. The zero-order chi connectivity index (χ0) is 28.2. The number of carbonyl (C=O) groups excluding carboxylic acids is 3. The molecule has 5 rings (SSSR count). The second-order valence-corrected chi connectivity index (χ2v) is 9.66. The first-order chi connectivity index (χ1) is 19.3. The van der Waals surface area contributed by atoms with Gasteiger partial charge in [-0.25, -0.2) is 9.97 Å². The first kappa shape index (κ1) is 26.8. The Balaban J connectivity index is 1.46. The number of fused-ring (bicyclic) bond motifs is 1. The number of aromatic nitrogens is 3. The number of aryl methyl sites for hydroxylation is 1. The van der Waals surface area contributed by atoms with Crippen LogP contribution in [0.3, 0.4) is 0 Å². The van der Waals surface area contributed by atoms with Crippen molar-refractivity contribution in [2.75, 3.05) is 17.7 Å². The molecule has 0 spiro atoms. The Kier molecular flexibility index (Phi) is 7.70. The van der Waals surface area contributed by atoms with Crippen LogP contribution < -0.4 is 15.4 Å². The molecule has 0 saturated heterocycles. The van der Waals surface area contributed by atoms with E-state index in [1.54, 1.807) is 67.1 Å². The molecule has 10 nitrogen and oxygen atoms in total. The average molecular weight is 557 g/mol. The molecule has 11 heteroatoms. The summed E-state index contributed by atoms with van der Waals surface area (Å²) in [4.78, 5) is 54.2. The number of hydrogen-bond donors (Lipinski definition) is 2. The number of methoxy groups -OCH3 is 1. The number of amides is 3. The van der Waals surface area contributed by atoms with Gasteiger partial charge < -0.3 is 15.0 Å². The molecule has 1 aliphatic rings. The molecule has 3 amide bonds. The van der Waals surface area contributed by atoms with E-state index in [1.165, 1.54) is 12.0 Å². The van der Waals surface area contributed by atoms with Crippen LogP contribution in [0.2, 0.25) is 5.02 Å². The fourth-order valence-corrected chi connectivity index (χ4v) is 4.58. The third kappa shape index (κ3) is 5.76. The summed E-state index contributed by atoms with van der Waals surface area (Å²) in [6.45, 7) is 1.92. The van der Waals surface area contributed by atoms with Gasteiger partial charge in [0.2, 0.25) is 11.9 Å². The number of hydrogen-bond acceptors (Lipinski definition) is 7. The molecular formula is C29H25ClN6O4. The number of halogens is 1. The fourth-order valence-electron chi connectivity index (χ4n) is 4.41. The number of ether oxygens (including phenoxy) is 1. The molecule has 1 atom stereocenters. The molecule has 2 aromatic heterocycles. The van der Waals surface area contributed by atoms with Gasteiger partial charge in [-0.1, -0.05) is 23.7 Å². The first-order valence-corrected chi connectivity index (χ1v) is 12.8. The summed E-state index contributed by atoms with van der Waals surface area (Å²) in [6.07, 6.45) is 5.05. The van der Waals surface area contributed by atoms with Crippen LogP contribution in [0.4, 0.5) is 11.6 Å². The van der Waals surface area contributed by atoms with Crippen LogP contribution in [0.5, 0.6) is 5.75 Å². The smallest absolute Gasteiger partial charge is 0.261 e. The predicted molar refractivity (Wildman–Crippen MR) is 149 cm³/mol. The minimum absolute atomic E-state index is 0.0746. The fraction of sp³-hybridized carbons (Fsp3) is 0.172. The molecule has 3 heterocycles. The van der Waals surface area contributed by atoms with Crippen molar-refractivity contribution < 1.29 is 19.1 Å². The maximum Gasteiger partial charge on any atom is 0.261 e. The van der Waals surface area contributed by atoms with Crippen molar-refractivity contribution in [3.63, 3.8) is 0 Å². The van der Waals surface area contributed by atoms with Crippen LogP contribution in [-0.2, 0) is 17.8 Å². The highest BCUT2D eigenvalue weighted by molar-refractivity contribution is 6.31. The Morgan fingerprint density at radius 2 is 1.88 bits per heavy atom. The van der Waals surface area contributed by atoms with E-state index in [4.69, 9.17) is 16.3 Å². The van der Waals surface area contributed by atoms with E-state index >= 15 is 0 Å². The standard InChI is InChI=1S/C29H25ClN6O4/c1-17-14-32-29(33-15-17)35-26(37)22-8-6-18(11-25(22)40-2)16-36-24(13-20-5-3-4-10-31-20)27(38)34-23-12-19(30)7-9-21(23)28(36)39/h3-12,14-15,24H,13,16H2,1-2H3,(H,34,38)(H,32,33,35,37)/t24-/m1/s1. The van der Waals surface area contributed by atoms with Gasteiger partial charge in [0.25, 0.3) is 11.8 Å². The Labute approximate surface area is 235 Å². The molecule has 0 unspecified atom stereocenters. The number of rotatable bonds is 7. The Morgan fingerprint density at radius 3 is 2.60 bits per heavy atom. The maximum atomic E-state index is 13.8. The van der Waals surface area contributed by atoms with Crippen molar-refractivity contribution in [3.05, 3.63) is 106 Å². The van der Waals surface area contributed by atoms with Crippen molar-refractivity contribution in [1.29, 1.82) is 0 Å². The molecule has 4 aromatic rings. The van der Waals surface area contributed by atoms with Crippen LogP contribution in [0.25, 0.3) is 0 Å². The highest BCUT2D eigenvalue weighted by Gasteiger charge is 2.36. The molecular weight excluding hydrogens is 532 g/mol. The quantitative estimate of drug-likeness (QED) is 0.347. The van der Waals surface area contributed by atoms with Crippen LogP contribution in [0.15, 0.2) is 73.2 Å². The molecule has 0 radical (unpaired) electrons. The molecule has 0 bridgehead atoms. The number of carbonyl (C=O) groups is 3. The zero-order valence-electron chi connectivity index (χ0n) is 21.7. The number of nitrogens with zero attached hydrogens (tertiary/aromatic N) is 4. The normalized spacial score (nSPS) is 14.7. The number of anilines is 2. The summed E-state index contributed by atoms with van der Waals surface area (Å²) >= 11 is 6.15. The van der Waals surface area contributed by atoms with Crippen molar-refractivity contribution in [2.45, 2.75) is 25.9 Å². The molecule has 0 fully saturated rings. The molecule has 1 aliphatic heterocycles. The summed E-state index contributed by atoms with van der Waals surface area (Å²) < 4.78 is 5.51. The maximum absolute atomic E-state index is 13.8. The predicted octanol–water partition coefficient (Wildman–Crippen LogP) is 4.30. The first-order valence-electron chi connectivity index (χ1n) is 12.4. The van der Waals surface area contributed by atoms with Crippen molar-refractivity contribution in [2.24, 2.45) is 0 Å². The van der Waals surface area contributed by atoms with Gasteiger partial charge in [-0.15, -0.1) is 0 Å². The van der Waals surface area contributed by atoms with Gasteiger partial charge in [0.05, 0.1) is 23.9 Å². The van der Waals surface area contributed by atoms with Crippen LogP contribution in [-0.4, -0.2) is 50.7 Å². The van der Waals surface area contributed by atoms with Gasteiger partial charge in [0.15, 0.2) is 0 Å². The van der Waals surface area contributed by atoms with E-state index in [-0.39, 0.29) is 36.3 Å². The zero-order valence-corrected chi connectivity index (χ0v) is 22.5. The lowest BCUT2D eigenvalue weighted by molar-refractivity contribution is -0.120. The largest absolute Gasteiger partial charge is 0.496 e. The molecule has 0 aliphatic carbocycles. The second kappa shape index (κ2) is 11.5. The Hall–Kier alpha value is -4.83. The lowest BCUT2D eigenvalue weighted by Crippen LogP contribution is -2.46. The molecule has 2 N–H and O–H groups in total. The van der Waals surface area contributed by atoms with Crippen LogP contribution in [0.1, 0.15) is 37.5 Å². The SMILES string of the molecule is COc1cc(CN2C(=O)c3ccc(Cl)cc3NC(=O)[C@H]2Cc2ccccn2)ccc1C(=O)Nc1ncc(C)cn1. The highest BCUT2D eigenvalue weighted by atomic mass is 35.5. The topological polar surface area (TPSA) is 126 Å². The van der Waals surface area contributed by atoms with E-state index < -0.39 is 11.9 Å². The van der Waals surface area contributed by atoms with Gasteiger partial charge in [0, 0.05) is 42.3 Å². The molecule has 0 saturated carbocycles. The van der Waals surface area contributed by atoms with Gasteiger partial charge in [0.1, 0.15) is 11.8 Å². The van der Waals surface area contributed by atoms with Gasteiger partial charge >= 0.3 is 0 Å². The highest BCUT2D eigenvalue weighted by Crippen LogP contribution is 2.30. The Bertz CT molecular complexity index is 1580. The lowest BCUT2D eigenvalue weighted by Gasteiger charge is -2.29. The van der Waals surface area contributed by atoms with E-state index in [2.05, 4.69) is 25.6 Å². The van der Waals surface area contributed by atoms with Gasteiger partial charge in [-0.2, -0.15) is 0 Å². The van der Waals surface area contributed by atoms with Crippen molar-refractivity contribution in [3.8, 4) is 5.75 Å². The summed E-state index contributed by atoms with van der Waals surface area (Å²) in [6, 6.07) is 14.3. The Morgan fingerprint density at radius 1 is 1.07 bits per heavy atom. The lowest BCUT2D eigenvalue weighted by atomic mass is 10.0. The number of pyridine rings is 1. The van der Waals surface area contributed by atoms with E-state index in [9.17, 15) is 14.4 Å². The van der Waals surface area contributed by atoms with E-state index in [0.29, 0.717) is 33.3 Å². The minimum atomic E-state index is -0.860.